The van der Waals surface area contributed by atoms with Crippen LogP contribution >= 0.6 is 11.8 Å². The standard InChI is InChI=1S/C50H59N5O8S2/c1-5-8-9-10-11-12-13-14-15-21-33-55(43-27-22-25-40-39(43)30-31-41(46(40)56)47(57)51-42-26-19-20-28-45(42)61-4)50(58)62-44-32-29-38(65(59,60)54(6-2)7-3)34-37(44)35-64-49-53-52-48(63-49)36-23-17-16-18-24-36/h16-20,22-32,34,56H,5-15,21,33,35H2,1-4H3,(H,51,57). The van der Waals surface area contributed by atoms with Gasteiger partial charge in [0.2, 0.25) is 15.9 Å². The zero-order valence-corrected chi connectivity index (χ0v) is 39.3. The van der Waals surface area contributed by atoms with Gasteiger partial charge in [-0.3, -0.25) is 9.69 Å². The summed E-state index contributed by atoms with van der Waals surface area (Å²) in [7, 11) is -2.36. The van der Waals surface area contributed by atoms with Crippen LogP contribution in [0.25, 0.3) is 22.2 Å². The van der Waals surface area contributed by atoms with Gasteiger partial charge in [-0.15, -0.1) is 10.2 Å². The molecule has 15 heteroatoms. The molecule has 0 aliphatic carbocycles. The number of nitrogens with one attached hydrogen (secondary N) is 1. The number of benzene rings is 5. The highest BCUT2D eigenvalue weighted by Crippen LogP contribution is 2.38. The fourth-order valence-corrected chi connectivity index (χ4v) is 9.89. The van der Waals surface area contributed by atoms with Crippen molar-refractivity contribution in [1.29, 1.82) is 0 Å². The number of unbranched alkanes of at least 4 members (excludes halogenated alkanes) is 9. The highest BCUT2D eigenvalue weighted by molar-refractivity contribution is 7.98. The molecule has 2 N–H and O–H groups in total. The lowest BCUT2D eigenvalue weighted by Crippen LogP contribution is -2.35. The number of thioether (sulfide) groups is 1. The molecule has 0 radical (unpaired) electrons. The van der Waals surface area contributed by atoms with Gasteiger partial charge in [-0.1, -0.05) is 139 Å². The second-order valence-corrected chi connectivity index (χ2v) is 18.4. The van der Waals surface area contributed by atoms with Crippen molar-refractivity contribution in [3.05, 3.63) is 114 Å². The number of carbonyl (C=O) groups excluding carboxylic acids is 2. The normalized spacial score (nSPS) is 11.5. The summed E-state index contributed by atoms with van der Waals surface area (Å²) in [6.07, 6.45) is 10.4. The number of phenolic OH excluding ortho intramolecular Hbond substituents is 1. The fourth-order valence-electron chi connectivity index (χ4n) is 7.64. The van der Waals surface area contributed by atoms with Crippen LogP contribution in [0.4, 0.5) is 16.2 Å². The number of anilines is 2. The Morgan fingerprint density at radius 1 is 0.754 bits per heavy atom. The highest BCUT2D eigenvalue weighted by Gasteiger charge is 2.27. The predicted molar refractivity (Wildman–Crippen MR) is 258 cm³/mol. The minimum Gasteiger partial charge on any atom is -0.506 e. The zero-order chi connectivity index (χ0) is 46.2. The van der Waals surface area contributed by atoms with E-state index in [1.165, 1.54) is 86.0 Å². The van der Waals surface area contributed by atoms with E-state index in [9.17, 15) is 23.1 Å². The van der Waals surface area contributed by atoms with Crippen molar-refractivity contribution in [2.75, 3.05) is 37.0 Å². The van der Waals surface area contributed by atoms with Crippen molar-refractivity contribution in [2.45, 2.75) is 101 Å². The number of phenols is 1. The van der Waals surface area contributed by atoms with E-state index in [4.69, 9.17) is 13.9 Å². The lowest BCUT2D eigenvalue weighted by Gasteiger charge is -2.25. The number of rotatable bonds is 24. The first kappa shape index (κ1) is 48.6. The number of carbonyl (C=O) groups is 2. The molecule has 65 heavy (non-hydrogen) atoms. The monoisotopic (exact) mass is 921 g/mol. The zero-order valence-electron chi connectivity index (χ0n) is 37.6. The molecule has 344 valence electrons. The van der Waals surface area contributed by atoms with Crippen LogP contribution in [-0.4, -0.2) is 66.8 Å². The van der Waals surface area contributed by atoms with E-state index in [0.717, 1.165) is 24.8 Å². The minimum absolute atomic E-state index is 0.0448. The Balaban J connectivity index is 1.30. The number of sulfonamides is 1. The molecule has 6 aromatic rings. The molecule has 0 bridgehead atoms. The summed E-state index contributed by atoms with van der Waals surface area (Å²) in [5.74, 6) is 0.333. The van der Waals surface area contributed by atoms with Crippen molar-refractivity contribution in [3.63, 3.8) is 0 Å². The van der Waals surface area contributed by atoms with Crippen LogP contribution in [-0.2, 0) is 15.8 Å². The maximum Gasteiger partial charge on any atom is 0.419 e. The molecule has 2 amide bonds. The molecule has 0 unspecified atom stereocenters. The molecule has 0 spiro atoms. The molecule has 0 fully saturated rings. The summed E-state index contributed by atoms with van der Waals surface area (Å²) in [5, 5.41) is 24.0. The van der Waals surface area contributed by atoms with E-state index in [2.05, 4.69) is 22.4 Å². The first-order valence-corrected chi connectivity index (χ1v) is 24.8. The number of ether oxygens (including phenoxy) is 2. The second-order valence-electron chi connectivity index (χ2n) is 15.6. The molecule has 6 rings (SSSR count). The molecule has 5 aromatic carbocycles. The van der Waals surface area contributed by atoms with Gasteiger partial charge in [-0.05, 0) is 61.0 Å². The van der Waals surface area contributed by atoms with Crippen LogP contribution in [0.5, 0.6) is 17.2 Å². The summed E-state index contributed by atoms with van der Waals surface area (Å²) < 4.78 is 46.4. The van der Waals surface area contributed by atoms with Gasteiger partial charge in [-0.25, -0.2) is 13.2 Å². The smallest absolute Gasteiger partial charge is 0.419 e. The number of hydrogen-bond acceptors (Lipinski definition) is 11. The average Bonchev–Trinajstić information content (AvgIpc) is 3.80. The first-order valence-electron chi connectivity index (χ1n) is 22.4. The van der Waals surface area contributed by atoms with Crippen LogP contribution in [0.1, 0.15) is 101 Å². The maximum absolute atomic E-state index is 14.6. The first-order chi connectivity index (χ1) is 31.6. The molecule has 0 aliphatic heterocycles. The third-order valence-corrected chi connectivity index (χ3v) is 14.1. The van der Waals surface area contributed by atoms with Crippen molar-refractivity contribution in [2.24, 2.45) is 0 Å². The Labute approximate surface area is 386 Å². The highest BCUT2D eigenvalue weighted by atomic mass is 32.2. The van der Waals surface area contributed by atoms with E-state index < -0.39 is 22.0 Å². The van der Waals surface area contributed by atoms with E-state index in [1.54, 1.807) is 67.3 Å². The quantitative estimate of drug-likeness (QED) is 0.0438. The van der Waals surface area contributed by atoms with E-state index in [-0.39, 0.29) is 46.0 Å². The van der Waals surface area contributed by atoms with Crippen LogP contribution in [0, 0.1) is 0 Å². The predicted octanol–water partition coefficient (Wildman–Crippen LogP) is 12.1. The van der Waals surface area contributed by atoms with Crippen molar-refractivity contribution < 1.29 is 37.0 Å². The van der Waals surface area contributed by atoms with Gasteiger partial charge >= 0.3 is 6.09 Å². The van der Waals surface area contributed by atoms with Gasteiger partial charge in [-0.2, -0.15) is 4.31 Å². The molecular weight excluding hydrogens is 863 g/mol. The number of methoxy groups -OCH3 is 1. The summed E-state index contributed by atoms with van der Waals surface area (Å²) in [6, 6.07) is 29.3. The minimum atomic E-state index is -3.87. The van der Waals surface area contributed by atoms with Crippen LogP contribution in [0.2, 0.25) is 0 Å². The van der Waals surface area contributed by atoms with Gasteiger partial charge in [0.25, 0.3) is 11.1 Å². The molecule has 0 atom stereocenters. The third-order valence-electron chi connectivity index (χ3n) is 11.2. The van der Waals surface area contributed by atoms with Crippen LogP contribution in [0.15, 0.2) is 118 Å². The number of nitrogens with zero attached hydrogens (tertiary/aromatic N) is 4. The summed E-state index contributed by atoms with van der Waals surface area (Å²) >= 11 is 1.19. The Bertz CT molecular complexity index is 2620. The Hall–Kier alpha value is -5.90. The van der Waals surface area contributed by atoms with E-state index >= 15 is 0 Å². The van der Waals surface area contributed by atoms with Gasteiger partial charge in [0, 0.05) is 47.3 Å². The van der Waals surface area contributed by atoms with Gasteiger partial charge < -0.3 is 24.3 Å². The molecular formula is C50H59N5O8S2. The van der Waals surface area contributed by atoms with Crippen LogP contribution in [0.3, 0.4) is 0 Å². The number of aromatic nitrogens is 2. The molecule has 13 nitrogen and oxygen atoms in total. The largest absolute Gasteiger partial charge is 0.506 e. The fraction of sp³-hybridized carbons (Fsp3) is 0.360. The van der Waals surface area contributed by atoms with Gasteiger partial charge in [0.1, 0.15) is 17.2 Å². The van der Waals surface area contributed by atoms with Gasteiger partial charge in [0.15, 0.2) is 0 Å². The Morgan fingerprint density at radius 2 is 1.45 bits per heavy atom. The topological polar surface area (TPSA) is 164 Å². The second kappa shape index (κ2) is 23.9. The number of fused-ring (bicyclic) bond motifs is 1. The lowest BCUT2D eigenvalue weighted by molar-refractivity contribution is 0.102. The Kier molecular flexibility index (Phi) is 17.8. The summed E-state index contributed by atoms with van der Waals surface area (Å²) in [6.45, 7) is 6.64. The van der Waals surface area contributed by atoms with Crippen molar-refractivity contribution >= 4 is 55.9 Å². The molecule has 0 saturated heterocycles. The number of hydrogen-bond donors (Lipinski definition) is 2. The van der Waals surface area contributed by atoms with Gasteiger partial charge in [0.05, 0.1) is 28.9 Å². The van der Waals surface area contributed by atoms with E-state index in [0.29, 0.717) is 52.3 Å². The van der Waals surface area contributed by atoms with E-state index in [1.807, 2.05) is 30.3 Å². The molecule has 1 aromatic heterocycles. The molecule has 1 heterocycles. The number of amides is 2. The van der Waals surface area contributed by atoms with Crippen molar-refractivity contribution in [1.82, 2.24) is 14.5 Å². The molecule has 0 aliphatic rings. The molecule has 0 saturated carbocycles. The maximum atomic E-state index is 14.6. The average molecular weight is 922 g/mol. The lowest BCUT2D eigenvalue weighted by atomic mass is 10.0. The van der Waals surface area contributed by atoms with Crippen LogP contribution < -0.4 is 19.7 Å². The van der Waals surface area contributed by atoms with Crippen molar-refractivity contribution in [3.8, 4) is 28.7 Å². The SMILES string of the molecule is CCCCCCCCCCCCN(C(=O)Oc1ccc(S(=O)(=O)N(CC)CC)cc1CSc1nnc(-c2ccccc2)o1)c1cccc2c(O)c(C(=O)Nc3ccccc3OC)ccc12. The number of para-hydroxylation sites is 2. The third kappa shape index (κ3) is 12.5. The number of aromatic hydroxyl groups is 1. The Morgan fingerprint density at radius 3 is 2.15 bits per heavy atom. The summed E-state index contributed by atoms with van der Waals surface area (Å²) in [4.78, 5) is 29.8. The summed E-state index contributed by atoms with van der Waals surface area (Å²) in [5.41, 5.74) is 2.15.